The maximum absolute atomic E-state index is 12.6. The van der Waals surface area contributed by atoms with Crippen molar-refractivity contribution in [3.63, 3.8) is 0 Å². The molecule has 0 aliphatic heterocycles. The fourth-order valence-electron chi connectivity index (χ4n) is 2.65. The highest BCUT2D eigenvalue weighted by Gasteiger charge is 2.23. The first-order valence-electron chi connectivity index (χ1n) is 8.65. The van der Waals surface area contributed by atoms with E-state index in [1.54, 1.807) is 49.4 Å². The first-order chi connectivity index (χ1) is 13.6. The third kappa shape index (κ3) is 6.07. The number of halogens is 1. The number of nitrogens with one attached hydrogen (secondary N) is 2. The van der Waals surface area contributed by atoms with Gasteiger partial charge in [-0.2, -0.15) is 0 Å². The van der Waals surface area contributed by atoms with Gasteiger partial charge in [-0.05, 0) is 42.8 Å². The highest BCUT2D eigenvalue weighted by atomic mass is 35.5. The van der Waals surface area contributed by atoms with E-state index in [1.165, 1.54) is 6.08 Å². The summed E-state index contributed by atoms with van der Waals surface area (Å²) in [6.45, 7) is 5.07. The minimum atomic E-state index is -3.74. The lowest BCUT2D eigenvalue weighted by Gasteiger charge is -2.24. The van der Waals surface area contributed by atoms with Crippen LogP contribution in [0.4, 0.5) is 11.4 Å². The zero-order valence-electron chi connectivity index (χ0n) is 16.1. The van der Waals surface area contributed by atoms with E-state index in [4.69, 9.17) is 11.6 Å². The molecule has 0 unspecified atom stereocenters. The lowest BCUT2D eigenvalue weighted by atomic mass is 10.1. The molecule has 9 heteroatoms. The Bertz CT molecular complexity index is 1040. The Labute approximate surface area is 175 Å². The first kappa shape index (κ1) is 22.4. The third-order valence-electron chi connectivity index (χ3n) is 3.97. The van der Waals surface area contributed by atoms with E-state index in [1.807, 2.05) is 0 Å². The number of para-hydroxylation sites is 1. The zero-order chi connectivity index (χ0) is 21.6. The van der Waals surface area contributed by atoms with Crippen LogP contribution >= 0.6 is 11.6 Å². The number of hydrogen-bond acceptors (Lipinski definition) is 4. The van der Waals surface area contributed by atoms with Crippen molar-refractivity contribution in [3.8, 4) is 0 Å². The molecular weight excluding hydrogens is 414 g/mol. The zero-order valence-corrected chi connectivity index (χ0v) is 17.7. The monoisotopic (exact) mass is 435 g/mol. The number of nitrogens with zero attached hydrogens (tertiary/aromatic N) is 1. The molecule has 7 nitrogen and oxygen atoms in total. The Morgan fingerprint density at radius 1 is 1.21 bits per heavy atom. The van der Waals surface area contributed by atoms with Gasteiger partial charge in [-0.15, -0.1) is 6.58 Å². The van der Waals surface area contributed by atoms with Gasteiger partial charge in [-0.3, -0.25) is 13.9 Å². The van der Waals surface area contributed by atoms with E-state index in [2.05, 4.69) is 17.2 Å². The van der Waals surface area contributed by atoms with Crippen molar-refractivity contribution in [1.29, 1.82) is 0 Å². The summed E-state index contributed by atoms with van der Waals surface area (Å²) < 4.78 is 25.6. The van der Waals surface area contributed by atoms with Crippen LogP contribution < -0.4 is 14.9 Å². The largest absolute Gasteiger partial charge is 0.349 e. The van der Waals surface area contributed by atoms with Crippen molar-refractivity contribution < 1.29 is 18.0 Å². The molecule has 0 saturated heterocycles. The molecule has 0 atom stereocenters. The molecule has 29 heavy (non-hydrogen) atoms. The summed E-state index contributed by atoms with van der Waals surface area (Å²) in [5.74, 6) is -0.969. The van der Waals surface area contributed by atoms with Crippen LogP contribution in [-0.4, -0.2) is 39.6 Å². The Morgan fingerprint density at radius 2 is 1.90 bits per heavy atom. The van der Waals surface area contributed by atoms with Gasteiger partial charge in [-0.1, -0.05) is 29.8 Å². The van der Waals surface area contributed by atoms with Crippen LogP contribution in [0.3, 0.4) is 0 Å². The van der Waals surface area contributed by atoms with E-state index in [-0.39, 0.29) is 23.7 Å². The van der Waals surface area contributed by atoms with Crippen molar-refractivity contribution in [3.05, 3.63) is 71.3 Å². The second-order valence-electron chi connectivity index (χ2n) is 6.29. The predicted molar refractivity (Wildman–Crippen MR) is 116 cm³/mol. The predicted octanol–water partition coefficient (Wildman–Crippen LogP) is 2.97. The summed E-state index contributed by atoms with van der Waals surface area (Å²) in [6.07, 6.45) is 2.56. The van der Waals surface area contributed by atoms with Gasteiger partial charge in [0.1, 0.15) is 6.54 Å². The molecule has 0 radical (unpaired) electrons. The fraction of sp³-hybridized carbons (Fsp3) is 0.200. The Morgan fingerprint density at radius 3 is 2.52 bits per heavy atom. The minimum Gasteiger partial charge on any atom is -0.349 e. The van der Waals surface area contributed by atoms with Crippen LogP contribution in [0, 0.1) is 6.92 Å². The first-order valence-corrected chi connectivity index (χ1v) is 10.9. The summed E-state index contributed by atoms with van der Waals surface area (Å²) in [5.41, 5.74) is 1.50. The maximum Gasteiger partial charge on any atom is 0.253 e. The van der Waals surface area contributed by atoms with E-state index in [9.17, 15) is 18.0 Å². The second kappa shape index (κ2) is 9.58. The number of carbonyl (C=O) groups excluding carboxylic acids is 2. The Kier molecular flexibility index (Phi) is 7.41. The number of carbonyl (C=O) groups is 2. The Balaban J connectivity index is 2.26. The highest BCUT2D eigenvalue weighted by molar-refractivity contribution is 7.92. The molecule has 0 aliphatic carbocycles. The molecule has 2 aromatic rings. The Hall–Kier alpha value is -2.84. The van der Waals surface area contributed by atoms with Gasteiger partial charge in [0.15, 0.2) is 0 Å². The van der Waals surface area contributed by atoms with Crippen LogP contribution in [0.5, 0.6) is 0 Å². The normalized spacial score (nSPS) is 10.9. The smallest absolute Gasteiger partial charge is 0.253 e. The SMILES string of the molecule is C=CCNC(=O)c1ccccc1NC(=O)CN(c1ccc(Cl)cc1C)S(C)(=O)=O. The summed E-state index contributed by atoms with van der Waals surface area (Å²) in [6, 6.07) is 11.2. The lowest BCUT2D eigenvalue weighted by Crippen LogP contribution is -2.38. The summed E-state index contributed by atoms with van der Waals surface area (Å²) >= 11 is 5.94. The molecular formula is C20H22ClN3O4S. The van der Waals surface area contributed by atoms with Crippen LogP contribution in [0.25, 0.3) is 0 Å². The molecule has 0 bridgehead atoms. The van der Waals surface area contributed by atoms with Gasteiger partial charge in [-0.25, -0.2) is 8.42 Å². The fourth-order valence-corrected chi connectivity index (χ4v) is 3.79. The quantitative estimate of drug-likeness (QED) is 0.623. The number of anilines is 2. The van der Waals surface area contributed by atoms with Gasteiger partial charge >= 0.3 is 0 Å². The number of amides is 2. The van der Waals surface area contributed by atoms with E-state index >= 15 is 0 Å². The molecule has 0 aliphatic rings. The standard InChI is InChI=1S/C20H22ClN3O4S/c1-4-11-22-20(26)16-7-5-6-8-17(16)23-19(25)13-24(29(3,27)28)18-10-9-15(21)12-14(18)2/h4-10,12H,1,11,13H2,2-3H3,(H,22,26)(H,23,25). The molecule has 0 fully saturated rings. The molecule has 2 aromatic carbocycles. The van der Waals surface area contributed by atoms with E-state index in [0.717, 1.165) is 10.6 Å². The van der Waals surface area contributed by atoms with Crippen molar-refractivity contribution in [2.24, 2.45) is 0 Å². The van der Waals surface area contributed by atoms with Crippen molar-refractivity contribution in [2.75, 3.05) is 29.0 Å². The van der Waals surface area contributed by atoms with Crippen LogP contribution in [0.1, 0.15) is 15.9 Å². The molecule has 2 rings (SSSR count). The molecule has 0 heterocycles. The topological polar surface area (TPSA) is 95.6 Å². The number of sulfonamides is 1. The third-order valence-corrected chi connectivity index (χ3v) is 5.33. The van der Waals surface area contributed by atoms with Crippen molar-refractivity contribution in [1.82, 2.24) is 5.32 Å². The number of rotatable bonds is 8. The minimum absolute atomic E-state index is 0.260. The average Bonchev–Trinajstić information content (AvgIpc) is 2.64. The van der Waals surface area contributed by atoms with Crippen LogP contribution in [0.15, 0.2) is 55.1 Å². The average molecular weight is 436 g/mol. The highest BCUT2D eigenvalue weighted by Crippen LogP contribution is 2.25. The molecule has 154 valence electrons. The van der Waals surface area contributed by atoms with Crippen LogP contribution in [0.2, 0.25) is 5.02 Å². The summed E-state index contributed by atoms with van der Waals surface area (Å²) in [7, 11) is -3.74. The van der Waals surface area contributed by atoms with Gasteiger partial charge in [0.05, 0.1) is 23.2 Å². The lowest BCUT2D eigenvalue weighted by molar-refractivity contribution is -0.114. The molecule has 2 N–H and O–H groups in total. The van der Waals surface area contributed by atoms with E-state index < -0.39 is 22.5 Å². The molecule has 0 aromatic heterocycles. The van der Waals surface area contributed by atoms with Crippen molar-refractivity contribution in [2.45, 2.75) is 6.92 Å². The molecule has 2 amide bonds. The number of hydrogen-bond donors (Lipinski definition) is 2. The van der Waals surface area contributed by atoms with Crippen molar-refractivity contribution >= 4 is 44.8 Å². The van der Waals surface area contributed by atoms with Gasteiger partial charge in [0, 0.05) is 11.6 Å². The van der Waals surface area contributed by atoms with Gasteiger partial charge in [0.2, 0.25) is 15.9 Å². The number of benzene rings is 2. The number of aryl methyl sites for hydroxylation is 1. The summed E-state index contributed by atoms with van der Waals surface area (Å²) in [4.78, 5) is 24.9. The molecule has 0 saturated carbocycles. The van der Waals surface area contributed by atoms with E-state index in [0.29, 0.717) is 16.3 Å². The summed E-state index contributed by atoms with van der Waals surface area (Å²) in [5, 5.41) is 5.71. The maximum atomic E-state index is 12.6. The van der Waals surface area contributed by atoms with Gasteiger partial charge < -0.3 is 10.6 Å². The second-order valence-corrected chi connectivity index (χ2v) is 8.64. The van der Waals surface area contributed by atoms with Gasteiger partial charge in [0.25, 0.3) is 5.91 Å². The molecule has 0 spiro atoms. The van der Waals surface area contributed by atoms with Crippen LogP contribution in [-0.2, 0) is 14.8 Å².